The first-order valence-electron chi connectivity index (χ1n) is 7.51. The Kier molecular flexibility index (Phi) is 4.77. The van der Waals surface area contributed by atoms with Gasteiger partial charge in [0.2, 0.25) is 10.0 Å². The standard InChI is InChI=1S/C15H20BrNO4S/c1-20-14-7-6-11(10-12(14)16)22(18,19)17-8-9-21-15-5-3-2-4-13(15)17/h6-7,10,13,15H,2-5,8-9H2,1H3/t13-,15+/m0/s1. The molecular formula is C15H20BrNO4S. The second-order valence-corrected chi connectivity index (χ2v) is 8.42. The molecule has 1 aromatic carbocycles. The number of hydrogen-bond donors (Lipinski definition) is 0. The van der Waals surface area contributed by atoms with Crippen LogP contribution in [0.5, 0.6) is 5.75 Å². The maximum atomic E-state index is 13.0. The molecule has 1 heterocycles. The van der Waals surface area contributed by atoms with E-state index in [1.54, 1.807) is 29.6 Å². The van der Waals surface area contributed by atoms with E-state index in [4.69, 9.17) is 9.47 Å². The minimum Gasteiger partial charge on any atom is -0.496 e. The Morgan fingerprint density at radius 2 is 2.09 bits per heavy atom. The van der Waals surface area contributed by atoms with Crippen molar-refractivity contribution in [2.24, 2.45) is 0 Å². The molecule has 2 fully saturated rings. The summed E-state index contributed by atoms with van der Waals surface area (Å²) in [4.78, 5) is 0.298. The number of morpholine rings is 1. The molecular weight excluding hydrogens is 370 g/mol. The molecule has 0 amide bonds. The molecule has 1 saturated carbocycles. The Balaban J connectivity index is 1.92. The number of fused-ring (bicyclic) bond motifs is 1. The molecule has 122 valence electrons. The van der Waals surface area contributed by atoms with Gasteiger partial charge in [0, 0.05) is 6.54 Å². The fourth-order valence-corrected chi connectivity index (χ4v) is 5.68. The van der Waals surface area contributed by atoms with Gasteiger partial charge < -0.3 is 9.47 Å². The van der Waals surface area contributed by atoms with Gasteiger partial charge in [0.15, 0.2) is 0 Å². The third kappa shape index (κ3) is 2.91. The first-order chi connectivity index (χ1) is 10.5. The summed E-state index contributed by atoms with van der Waals surface area (Å²) in [5.41, 5.74) is 0. The van der Waals surface area contributed by atoms with Gasteiger partial charge in [-0.1, -0.05) is 12.8 Å². The molecule has 0 N–H and O–H groups in total. The van der Waals surface area contributed by atoms with Gasteiger partial charge in [0.05, 0.1) is 35.2 Å². The van der Waals surface area contributed by atoms with Crippen molar-refractivity contribution in [3.8, 4) is 5.75 Å². The van der Waals surface area contributed by atoms with Crippen LogP contribution in [0.25, 0.3) is 0 Å². The predicted octanol–water partition coefficient (Wildman–Crippen LogP) is 2.79. The molecule has 1 aromatic rings. The van der Waals surface area contributed by atoms with E-state index in [1.807, 2.05) is 0 Å². The van der Waals surface area contributed by atoms with Crippen LogP contribution in [0.15, 0.2) is 27.6 Å². The van der Waals surface area contributed by atoms with Crippen molar-refractivity contribution in [1.82, 2.24) is 4.31 Å². The smallest absolute Gasteiger partial charge is 0.243 e. The van der Waals surface area contributed by atoms with E-state index in [1.165, 1.54) is 0 Å². The van der Waals surface area contributed by atoms with Gasteiger partial charge in [-0.2, -0.15) is 4.31 Å². The van der Waals surface area contributed by atoms with Crippen molar-refractivity contribution < 1.29 is 17.9 Å². The molecule has 0 unspecified atom stereocenters. The monoisotopic (exact) mass is 389 g/mol. The van der Waals surface area contributed by atoms with Crippen LogP contribution in [-0.2, 0) is 14.8 Å². The highest BCUT2D eigenvalue weighted by Crippen LogP contribution is 2.34. The lowest BCUT2D eigenvalue weighted by Crippen LogP contribution is -2.54. The number of sulfonamides is 1. The van der Waals surface area contributed by atoms with Gasteiger partial charge in [0.25, 0.3) is 0 Å². The van der Waals surface area contributed by atoms with Crippen LogP contribution in [0.1, 0.15) is 25.7 Å². The van der Waals surface area contributed by atoms with Crippen molar-refractivity contribution >= 4 is 26.0 Å². The Hall–Kier alpha value is -0.630. The van der Waals surface area contributed by atoms with Crippen molar-refractivity contribution in [3.05, 3.63) is 22.7 Å². The number of halogens is 1. The van der Waals surface area contributed by atoms with Crippen molar-refractivity contribution in [1.29, 1.82) is 0 Å². The van der Waals surface area contributed by atoms with Gasteiger partial charge in [-0.05, 0) is 47.0 Å². The first-order valence-corrected chi connectivity index (χ1v) is 9.74. The van der Waals surface area contributed by atoms with Crippen molar-refractivity contribution in [2.45, 2.75) is 42.7 Å². The van der Waals surface area contributed by atoms with Crippen LogP contribution in [-0.4, -0.2) is 45.1 Å². The highest BCUT2D eigenvalue weighted by Gasteiger charge is 2.40. The molecule has 1 saturated heterocycles. The minimum atomic E-state index is -3.51. The molecule has 0 bridgehead atoms. The number of nitrogens with zero attached hydrogens (tertiary/aromatic N) is 1. The van der Waals surface area contributed by atoms with Gasteiger partial charge in [0.1, 0.15) is 5.75 Å². The molecule has 2 aliphatic rings. The van der Waals surface area contributed by atoms with E-state index in [0.717, 1.165) is 25.7 Å². The Morgan fingerprint density at radius 1 is 1.32 bits per heavy atom. The quantitative estimate of drug-likeness (QED) is 0.797. The van der Waals surface area contributed by atoms with Crippen molar-refractivity contribution in [2.75, 3.05) is 20.3 Å². The molecule has 1 aliphatic carbocycles. The zero-order valence-corrected chi connectivity index (χ0v) is 14.9. The molecule has 2 atom stereocenters. The molecule has 1 aliphatic heterocycles. The molecule has 5 nitrogen and oxygen atoms in total. The van der Waals surface area contributed by atoms with Crippen LogP contribution in [0.4, 0.5) is 0 Å². The third-order valence-electron chi connectivity index (χ3n) is 4.41. The highest BCUT2D eigenvalue weighted by molar-refractivity contribution is 9.10. The number of hydrogen-bond acceptors (Lipinski definition) is 4. The number of benzene rings is 1. The summed E-state index contributed by atoms with van der Waals surface area (Å²) < 4.78 is 39.2. The van der Waals surface area contributed by atoms with Gasteiger partial charge in [-0.25, -0.2) is 8.42 Å². The van der Waals surface area contributed by atoms with Gasteiger partial charge >= 0.3 is 0 Å². The van der Waals surface area contributed by atoms with Crippen molar-refractivity contribution in [3.63, 3.8) is 0 Å². The van der Waals surface area contributed by atoms with Gasteiger partial charge in [-0.15, -0.1) is 0 Å². The average Bonchev–Trinajstić information content (AvgIpc) is 2.54. The van der Waals surface area contributed by atoms with E-state index in [9.17, 15) is 8.42 Å². The first kappa shape index (κ1) is 16.2. The minimum absolute atomic E-state index is 0.0339. The molecule has 3 rings (SSSR count). The Labute approximate surface area is 139 Å². The molecule has 22 heavy (non-hydrogen) atoms. The summed E-state index contributed by atoms with van der Waals surface area (Å²) in [5, 5.41) is 0. The lowest BCUT2D eigenvalue weighted by molar-refractivity contribution is -0.0586. The van der Waals surface area contributed by atoms with E-state index in [0.29, 0.717) is 28.3 Å². The van der Waals surface area contributed by atoms with Crippen LogP contribution >= 0.6 is 15.9 Å². The fourth-order valence-electron chi connectivity index (χ4n) is 3.30. The predicted molar refractivity (Wildman–Crippen MR) is 86.6 cm³/mol. The molecule has 0 aromatic heterocycles. The number of rotatable bonds is 3. The molecule has 0 spiro atoms. The summed E-state index contributed by atoms with van der Waals surface area (Å²) >= 11 is 3.36. The molecule has 7 heteroatoms. The van der Waals surface area contributed by atoms with Gasteiger partial charge in [-0.3, -0.25) is 0 Å². The topological polar surface area (TPSA) is 55.8 Å². The Morgan fingerprint density at radius 3 is 2.82 bits per heavy atom. The van der Waals surface area contributed by atoms with Crippen LogP contribution in [0, 0.1) is 0 Å². The summed E-state index contributed by atoms with van der Waals surface area (Å²) in [6, 6.07) is 4.86. The number of ether oxygens (including phenoxy) is 2. The second-order valence-electron chi connectivity index (χ2n) is 5.67. The maximum absolute atomic E-state index is 13.0. The zero-order valence-electron chi connectivity index (χ0n) is 12.5. The number of methoxy groups -OCH3 is 1. The third-order valence-corrected chi connectivity index (χ3v) is 6.95. The summed E-state index contributed by atoms with van der Waals surface area (Å²) in [5.74, 6) is 0.622. The van der Waals surface area contributed by atoms with E-state index >= 15 is 0 Å². The van der Waals surface area contributed by atoms with E-state index in [2.05, 4.69) is 15.9 Å². The van der Waals surface area contributed by atoms with Crippen LogP contribution < -0.4 is 4.74 Å². The van der Waals surface area contributed by atoms with Crippen LogP contribution in [0.3, 0.4) is 0 Å². The van der Waals surface area contributed by atoms with Crippen LogP contribution in [0.2, 0.25) is 0 Å². The maximum Gasteiger partial charge on any atom is 0.243 e. The van der Waals surface area contributed by atoms with E-state index in [-0.39, 0.29) is 12.1 Å². The second kappa shape index (κ2) is 6.47. The summed E-state index contributed by atoms with van der Waals surface area (Å²) in [7, 11) is -1.95. The Bertz CT molecular complexity index is 647. The largest absolute Gasteiger partial charge is 0.496 e. The normalized spacial score (nSPS) is 26.5. The van der Waals surface area contributed by atoms with E-state index < -0.39 is 10.0 Å². The molecule has 0 radical (unpaired) electrons. The fraction of sp³-hybridized carbons (Fsp3) is 0.600. The highest BCUT2D eigenvalue weighted by atomic mass is 79.9. The summed E-state index contributed by atoms with van der Waals surface area (Å²) in [6.45, 7) is 0.894. The summed E-state index contributed by atoms with van der Waals surface area (Å²) in [6.07, 6.45) is 4.04. The average molecular weight is 390 g/mol. The lowest BCUT2D eigenvalue weighted by Gasteiger charge is -2.42. The SMILES string of the molecule is COc1ccc(S(=O)(=O)N2CCO[C@@H]3CCCC[C@@H]32)cc1Br. The lowest BCUT2D eigenvalue weighted by atomic mass is 9.91. The zero-order chi connectivity index (χ0) is 15.7.